The monoisotopic (exact) mass is 346 g/mol. The minimum atomic E-state index is -0.573. The van der Waals surface area contributed by atoms with Crippen LogP contribution in [0.4, 0.5) is 0 Å². The summed E-state index contributed by atoms with van der Waals surface area (Å²) in [6, 6.07) is 0. The minimum absolute atomic E-state index is 0.0232. The predicted molar refractivity (Wildman–Crippen MR) is 98.1 cm³/mol. The number of fused-ring (bicyclic) bond motifs is 5. The lowest BCUT2D eigenvalue weighted by Crippen LogP contribution is -2.57. The molecule has 3 fully saturated rings. The van der Waals surface area contributed by atoms with Crippen LogP contribution in [0.15, 0.2) is 11.6 Å². The number of ether oxygens (including phenoxy) is 1. The molecular formula is C22H34O3. The second-order valence-corrected chi connectivity index (χ2v) is 9.74. The van der Waals surface area contributed by atoms with Crippen LogP contribution in [-0.2, 0) is 9.53 Å². The molecule has 0 aromatic heterocycles. The van der Waals surface area contributed by atoms with Gasteiger partial charge in [-0.15, -0.1) is 0 Å². The molecule has 0 saturated heterocycles. The molecule has 4 aliphatic carbocycles. The Morgan fingerprint density at radius 2 is 1.88 bits per heavy atom. The fourth-order valence-electron chi connectivity index (χ4n) is 7.70. The summed E-state index contributed by atoms with van der Waals surface area (Å²) in [5.74, 6) is 2.17. The lowest BCUT2D eigenvalue weighted by atomic mass is 9.46. The topological polar surface area (TPSA) is 46.5 Å². The van der Waals surface area contributed by atoms with Gasteiger partial charge in [0.15, 0.2) is 5.78 Å². The minimum Gasteiger partial charge on any atom is -0.393 e. The maximum atomic E-state index is 12.6. The van der Waals surface area contributed by atoms with Crippen LogP contribution < -0.4 is 0 Å². The highest BCUT2D eigenvalue weighted by atomic mass is 16.5. The summed E-state index contributed by atoms with van der Waals surface area (Å²) < 4.78 is 5.96. The average molecular weight is 347 g/mol. The molecule has 0 spiro atoms. The quantitative estimate of drug-likeness (QED) is 0.759. The second kappa shape index (κ2) is 5.66. The van der Waals surface area contributed by atoms with Gasteiger partial charge in [0.05, 0.1) is 6.10 Å². The third kappa shape index (κ3) is 2.15. The fraction of sp³-hybridized carbons (Fsp3) is 0.864. The zero-order valence-corrected chi connectivity index (χ0v) is 16.3. The number of Topliss-reactive ketones (excluding diaryl/α,β-unsaturated/α-hetero) is 1. The number of hydrogen-bond donors (Lipinski definition) is 1. The number of aliphatic hydroxyl groups is 1. The summed E-state index contributed by atoms with van der Waals surface area (Å²) in [7, 11) is 1.74. The maximum Gasteiger partial charge on any atom is 0.162 e. The van der Waals surface area contributed by atoms with Crippen LogP contribution in [0.5, 0.6) is 0 Å². The molecule has 1 N–H and O–H groups in total. The van der Waals surface area contributed by atoms with Crippen molar-refractivity contribution in [3.05, 3.63) is 11.6 Å². The van der Waals surface area contributed by atoms with Crippen molar-refractivity contribution in [1.29, 1.82) is 0 Å². The van der Waals surface area contributed by atoms with E-state index >= 15 is 0 Å². The van der Waals surface area contributed by atoms with E-state index in [-0.39, 0.29) is 22.7 Å². The Kier molecular flexibility index (Phi) is 4.01. The lowest BCUT2D eigenvalue weighted by molar-refractivity contribution is -0.167. The van der Waals surface area contributed by atoms with Gasteiger partial charge in [-0.1, -0.05) is 25.5 Å². The molecule has 0 bridgehead atoms. The molecule has 7 unspecified atom stereocenters. The third-order valence-corrected chi connectivity index (χ3v) is 9.11. The van der Waals surface area contributed by atoms with Crippen molar-refractivity contribution in [2.45, 2.75) is 83.8 Å². The number of allylic oxidation sites excluding steroid dienone is 1. The molecule has 7 atom stereocenters. The summed E-state index contributed by atoms with van der Waals surface area (Å²) in [6.07, 6.45) is 10.7. The molecule has 3 saturated carbocycles. The van der Waals surface area contributed by atoms with E-state index in [2.05, 4.69) is 19.9 Å². The Bertz CT molecular complexity index is 610. The first-order valence-corrected chi connectivity index (χ1v) is 10.2. The first-order valence-electron chi connectivity index (χ1n) is 10.2. The molecule has 0 amide bonds. The van der Waals surface area contributed by atoms with Crippen molar-refractivity contribution < 1.29 is 14.6 Å². The molecule has 25 heavy (non-hydrogen) atoms. The highest BCUT2D eigenvalue weighted by molar-refractivity contribution is 5.86. The molecule has 4 aliphatic rings. The summed E-state index contributed by atoms with van der Waals surface area (Å²) in [4.78, 5) is 12.6. The normalized spacial score (nSPS) is 52.0. The van der Waals surface area contributed by atoms with Gasteiger partial charge >= 0.3 is 0 Å². The van der Waals surface area contributed by atoms with Gasteiger partial charge in [-0.25, -0.2) is 0 Å². The van der Waals surface area contributed by atoms with Crippen molar-refractivity contribution in [2.24, 2.45) is 28.6 Å². The first-order chi connectivity index (χ1) is 11.8. The smallest absolute Gasteiger partial charge is 0.162 e. The van der Waals surface area contributed by atoms with E-state index < -0.39 is 5.60 Å². The van der Waals surface area contributed by atoms with Crippen LogP contribution in [0.2, 0.25) is 0 Å². The standard InChI is InChI=1S/C22H34O3/c1-14(23)22(25-4)12-9-19-17-6-5-15-13-16(24)7-10-20(15,2)18(17)8-11-21(19,22)3/h5,16-19,24H,6-13H2,1-4H3. The first kappa shape index (κ1) is 17.7. The molecule has 3 heteroatoms. The van der Waals surface area contributed by atoms with E-state index in [1.54, 1.807) is 14.0 Å². The van der Waals surface area contributed by atoms with E-state index in [9.17, 15) is 9.90 Å². The van der Waals surface area contributed by atoms with Crippen molar-refractivity contribution >= 4 is 5.78 Å². The van der Waals surface area contributed by atoms with Crippen molar-refractivity contribution in [1.82, 2.24) is 0 Å². The number of carbonyl (C=O) groups is 1. The number of ketones is 1. The molecule has 3 nitrogen and oxygen atoms in total. The van der Waals surface area contributed by atoms with Crippen LogP contribution >= 0.6 is 0 Å². The molecule has 4 rings (SSSR count). The third-order valence-electron chi connectivity index (χ3n) is 9.11. The lowest BCUT2D eigenvalue weighted by Gasteiger charge is -2.59. The average Bonchev–Trinajstić information content (AvgIpc) is 2.89. The van der Waals surface area contributed by atoms with Gasteiger partial charge in [0, 0.05) is 12.5 Å². The number of carbonyl (C=O) groups excluding carboxylic acids is 1. The van der Waals surface area contributed by atoms with Gasteiger partial charge in [-0.2, -0.15) is 0 Å². The van der Waals surface area contributed by atoms with Gasteiger partial charge in [-0.3, -0.25) is 4.79 Å². The van der Waals surface area contributed by atoms with Gasteiger partial charge in [0.2, 0.25) is 0 Å². The van der Waals surface area contributed by atoms with E-state index in [4.69, 9.17) is 4.74 Å². The second-order valence-electron chi connectivity index (χ2n) is 9.74. The SMILES string of the molecule is COC1(C(C)=O)CCC2C3CC=C4CC(O)CCC4(C)C3CCC21C. The Morgan fingerprint density at radius 3 is 2.56 bits per heavy atom. The predicted octanol–water partition coefficient (Wildman–Crippen LogP) is 4.28. The Morgan fingerprint density at radius 1 is 1.16 bits per heavy atom. The van der Waals surface area contributed by atoms with E-state index in [0.717, 1.165) is 44.9 Å². The molecular weight excluding hydrogens is 312 g/mol. The zero-order chi connectivity index (χ0) is 18.0. The van der Waals surface area contributed by atoms with E-state index in [1.165, 1.54) is 12.0 Å². The van der Waals surface area contributed by atoms with Gasteiger partial charge < -0.3 is 9.84 Å². The number of aliphatic hydroxyl groups excluding tert-OH is 1. The highest BCUT2D eigenvalue weighted by Gasteiger charge is 2.66. The Hall–Kier alpha value is -0.670. The zero-order valence-electron chi connectivity index (χ0n) is 16.3. The van der Waals surface area contributed by atoms with Crippen molar-refractivity contribution in [3.63, 3.8) is 0 Å². The van der Waals surface area contributed by atoms with Crippen LogP contribution in [0.3, 0.4) is 0 Å². The van der Waals surface area contributed by atoms with Gasteiger partial charge in [0.25, 0.3) is 0 Å². The molecule has 0 aromatic rings. The maximum absolute atomic E-state index is 12.6. The molecule has 140 valence electrons. The highest BCUT2D eigenvalue weighted by Crippen LogP contribution is 2.67. The number of methoxy groups -OCH3 is 1. The summed E-state index contributed by atoms with van der Waals surface area (Å²) in [6.45, 7) is 6.51. The summed E-state index contributed by atoms with van der Waals surface area (Å²) >= 11 is 0. The van der Waals surface area contributed by atoms with Crippen LogP contribution in [-0.4, -0.2) is 29.7 Å². The van der Waals surface area contributed by atoms with Crippen LogP contribution in [0.1, 0.15) is 72.1 Å². The van der Waals surface area contributed by atoms with Crippen LogP contribution in [0.25, 0.3) is 0 Å². The largest absolute Gasteiger partial charge is 0.393 e. The Balaban J connectivity index is 1.70. The Labute approximate surface area is 152 Å². The molecule has 0 aliphatic heterocycles. The van der Waals surface area contributed by atoms with Gasteiger partial charge in [0.1, 0.15) is 5.60 Å². The number of rotatable bonds is 2. The molecule has 0 heterocycles. The summed E-state index contributed by atoms with van der Waals surface area (Å²) in [5.41, 5.74) is 1.18. The van der Waals surface area contributed by atoms with Crippen molar-refractivity contribution in [2.75, 3.05) is 7.11 Å². The number of hydrogen-bond acceptors (Lipinski definition) is 3. The van der Waals surface area contributed by atoms with Gasteiger partial charge in [-0.05, 0) is 81.5 Å². The molecule has 0 radical (unpaired) electrons. The van der Waals surface area contributed by atoms with E-state index in [1.807, 2.05) is 0 Å². The van der Waals surface area contributed by atoms with E-state index in [0.29, 0.717) is 17.8 Å². The fourth-order valence-corrected chi connectivity index (χ4v) is 7.70. The summed E-state index contributed by atoms with van der Waals surface area (Å²) in [5, 5.41) is 10.1. The van der Waals surface area contributed by atoms with Crippen molar-refractivity contribution in [3.8, 4) is 0 Å². The molecule has 0 aromatic carbocycles. The van der Waals surface area contributed by atoms with Crippen LogP contribution in [0, 0.1) is 28.6 Å².